The van der Waals surface area contributed by atoms with Crippen LogP contribution in [0.25, 0.3) is 21.3 Å². The second-order valence-electron chi connectivity index (χ2n) is 6.89. The van der Waals surface area contributed by atoms with E-state index in [4.69, 9.17) is 4.74 Å². The number of carbonyl (C=O) groups is 2. The van der Waals surface area contributed by atoms with Gasteiger partial charge in [0, 0.05) is 31.6 Å². The number of amides is 2. The lowest BCUT2D eigenvalue weighted by Gasteiger charge is -2.16. The first-order chi connectivity index (χ1) is 14.3. The number of carbonyl (C=O) groups excluding carboxylic acids is 2. The highest BCUT2D eigenvalue weighted by molar-refractivity contribution is 7.22. The molecule has 30 heavy (non-hydrogen) atoms. The van der Waals surface area contributed by atoms with Crippen molar-refractivity contribution in [3.05, 3.63) is 36.7 Å². The molecule has 1 saturated heterocycles. The van der Waals surface area contributed by atoms with Gasteiger partial charge in [-0.3, -0.25) is 14.6 Å². The third-order valence-electron chi connectivity index (χ3n) is 4.64. The van der Waals surface area contributed by atoms with E-state index < -0.39 is 18.3 Å². The maximum Gasteiger partial charge on any atom is 0.326 e. The number of anilines is 1. The molecule has 10 heteroatoms. The van der Waals surface area contributed by atoms with Crippen LogP contribution in [0.1, 0.15) is 13.3 Å². The Morgan fingerprint density at radius 1 is 1.30 bits per heavy atom. The third kappa shape index (κ3) is 4.23. The summed E-state index contributed by atoms with van der Waals surface area (Å²) in [4.78, 5) is 32.4. The first kappa shape index (κ1) is 20.1. The number of halogens is 2. The summed E-state index contributed by atoms with van der Waals surface area (Å²) in [5.41, 5.74) is 2.49. The van der Waals surface area contributed by atoms with Gasteiger partial charge in [0.25, 0.3) is 5.91 Å². The summed E-state index contributed by atoms with van der Waals surface area (Å²) in [5.74, 6) is -4.11. The van der Waals surface area contributed by atoms with Crippen molar-refractivity contribution in [2.45, 2.75) is 19.3 Å². The number of rotatable bonds is 6. The number of nitrogens with one attached hydrogen (secondary N) is 1. The Bertz CT molecular complexity index is 1120. The van der Waals surface area contributed by atoms with Crippen LogP contribution < -0.4 is 10.1 Å². The number of thiazole rings is 1. The molecular formula is C20H18F2N4O3S. The van der Waals surface area contributed by atoms with Gasteiger partial charge in [-0.25, -0.2) is 4.98 Å². The Morgan fingerprint density at radius 3 is 2.87 bits per heavy atom. The molecule has 0 radical (unpaired) electrons. The first-order valence-corrected chi connectivity index (χ1v) is 10.1. The number of likely N-dealkylation sites (tertiary alicyclic amines) is 1. The molecule has 156 valence electrons. The van der Waals surface area contributed by atoms with Crippen molar-refractivity contribution in [2.24, 2.45) is 0 Å². The van der Waals surface area contributed by atoms with E-state index >= 15 is 0 Å². The average Bonchev–Trinajstić information content (AvgIpc) is 3.21. The normalized spacial score (nSPS) is 15.6. The topological polar surface area (TPSA) is 84.4 Å². The predicted octanol–water partition coefficient (Wildman–Crippen LogP) is 3.56. The maximum atomic E-state index is 13.3. The molecule has 1 fully saturated rings. The number of benzene rings is 1. The van der Waals surface area contributed by atoms with Gasteiger partial charge in [0.2, 0.25) is 5.91 Å². The van der Waals surface area contributed by atoms with Crippen LogP contribution in [0.3, 0.4) is 0 Å². The van der Waals surface area contributed by atoms with Crippen LogP contribution in [0.4, 0.5) is 13.9 Å². The van der Waals surface area contributed by atoms with E-state index in [1.165, 1.54) is 24.5 Å². The van der Waals surface area contributed by atoms with Crippen LogP contribution >= 0.6 is 11.3 Å². The minimum atomic E-state index is -3.27. The van der Waals surface area contributed by atoms with Crippen molar-refractivity contribution in [1.29, 1.82) is 0 Å². The Kier molecular flexibility index (Phi) is 5.33. The summed E-state index contributed by atoms with van der Waals surface area (Å²) in [6.07, 6.45) is 2.77. The SMILES string of the molecule is CC(=O)Nc1nc2ccc(-c3cncc(OCCN4CCC(F)(F)C4=O)c3)cc2s1. The molecule has 1 aliphatic rings. The number of alkyl halides is 2. The maximum absolute atomic E-state index is 13.3. The molecule has 3 heterocycles. The van der Waals surface area contributed by atoms with Crippen molar-refractivity contribution in [3.8, 4) is 16.9 Å². The van der Waals surface area contributed by atoms with Crippen LogP contribution in [-0.2, 0) is 9.59 Å². The Hall–Kier alpha value is -3.14. The number of nitrogens with zero attached hydrogens (tertiary/aromatic N) is 3. The standard InChI is InChI=1S/C20H18F2N4O3S/c1-12(27)24-19-25-16-3-2-13(9-17(16)30-19)14-8-15(11-23-10-14)29-7-6-26-5-4-20(21,22)18(26)28/h2-3,8-11H,4-7H2,1H3,(H,24,25,27). The summed E-state index contributed by atoms with van der Waals surface area (Å²) in [5, 5.41) is 3.21. The first-order valence-electron chi connectivity index (χ1n) is 9.25. The van der Waals surface area contributed by atoms with Crippen molar-refractivity contribution in [3.63, 3.8) is 0 Å². The summed E-state index contributed by atoms with van der Waals surface area (Å²) in [6, 6.07) is 7.50. The van der Waals surface area contributed by atoms with Gasteiger partial charge >= 0.3 is 5.92 Å². The zero-order valence-electron chi connectivity index (χ0n) is 16.0. The van der Waals surface area contributed by atoms with Gasteiger partial charge in [-0.15, -0.1) is 0 Å². The fourth-order valence-corrected chi connectivity index (χ4v) is 4.12. The predicted molar refractivity (Wildman–Crippen MR) is 109 cm³/mol. The molecule has 0 saturated carbocycles. The van der Waals surface area contributed by atoms with Crippen molar-refractivity contribution in [1.82, 2.24) is 14.9 Å². The molecule has 7 nitrogen and oxygen atoms in total. The van der Waals surface area contributed by atoms with E-state index in [0.29, 0.717) is 10.9 Å². The molecular weight excluding hydrogens is 414 g/mol. The Balaban J connectivity index is 1.44. The van der Waals surface area contributed by atoms with Crippen LogP contribution in [0.5, 0.6) is 5.75 Å². The Morgan fingerprint density at radius 2 is 2.13 bits per heavy atom. The molecule has 2 amide bonds. The van der Waals surface area contributed by atoms with E-state index in [-0.39, 0.29) is 25.6 Å². The van der Waals surface area contributed by atoms with Gasteiger partial charge in [0.05, 0.1) is 23.0 Å². The lowest BCUT2D eigenvalue weighted by atomic mass is 10.1. The zero-order valence-corrected chi connectivity index (χ0v) is 16.8. The molecule has 2 aromatic heterocycles. The smallest absolute Gasteiger partial charge is 0.326 e. The monoisotopic (exact) mass is 432 g/mol. The summed E-state index contributed by atoms with van der Waals surface area (Å²) in [7, 11) is 0. The molecule has 1 aromatic carbocycles. The molecule has 0 bridgehead atoms. The minimum Gasteiger partial charge on any atom is -0.490 e. The van der Waals surface area contributed by atoms with E-state index in [9.17, 15) is 18.4 Å². The summed E-state index contributed by atoms with van der Waals surface area (Å²) >= 11 is 1.37. The van der Waals surface area contributed by atoms with Gasteiger partial charge in [-0.2, -0.15) is 8.78 Å². The highest BCUT2D eigenvalue weighted by Gasteiger charge is 2.47. The molecule has 0 spiro atoms. The Labute approximate surface area is 174 Å². The lowest BCUT2D eigenvalue weighted by molar-refractivity contribution is -0.148. The molecule has 4 rings (SSSR count). The third-order valence-corrected chi connectivity index (χ3v) is 5.58. The van der Waals surface area contributed by atoms with Gasteiger partial charge in [0.1, 0.15) is 12.4 Å². The highest BCUT2D eigenvalue weighted by Crippen LogP contribution is 2.31. The van der Waals surface area contributed by atoms with E-state index in [1.54, 1.807) is 12.3 Å². The number of hydrogen-bond donors (Lipinski definition) is 1. The molecule has 3 aromatic rings. The summed E-state index contributed by atoms with van der Waals surface area (Å²) < 4.78 is 33.1. The van der Waals surface area contributed by atoms with E-state index in [0.717, 1.165) is 26.2 Å². The van der Waals surface area contributed by atoms with Crippen molar-refractivity contribution in [2.75, 3.05) is 25.0 Å². The van der Waals surface area contributed by atoms with E-state index in [1.807, 2.05) is 18.2 Å². The number of pyridine rings is 1. The molecule has 1 N–H and O–H groups in total. The second-order valence-corrected chi connectivity index (χ2v) is 7.92. The second kappa shape index (κ2) is 7.94. The quantitative estimate of drug-likeness (QED) is 0.644. The van der Waals surface area contributed by atoms with Gasteiger partial charge < -0.3 is 15.0 Å². The van der Waals surface area contributed by atoms with Crippen molar-refractivity contribution >= 4 is 38.5 Å². The highest BCUT2D eigenvalue weighted by atomic mass is 32.1. The van der Waals surface area contributed by atoms with Gasteiger partial charge in [-0.05, 0) is 23.8 Å². The minimum absolute atomic E-state index is 0.0306. The molecule has 0 aliphatic carbocycles. The van der Waals surface area contributed by atoms with Crippen LogP contribution in [-0.4, -0.2) is 52.3 Å². The number of fused-ring (bicyclic) bond motifs is 1. The lowest BCUT2D eigenvalue weighted by Crippen LogP contribution is -2.35. The van der Waals surface area contributed by atoms with Gasteiger partial charge in [-0.1, -0.05) is 17.4 Å². The fourth-order valence-electron chi connectivity index (χ4n) is 3.17. The fraction of sp³-hybridized carbons (Fsp3) is 0.300. The molecule has 0 unspecified atom stereocenters. The largest absolute Gasteiger partial charge is 0.490 e. The van der Waals surface area contributed by atoms with Crippen LogP contribution in [0.2, 0.25) is 0 Å². The summed E-state index contributed by atoms with van der Waals surface area (Å²) in [6.45, 7) is 1.65. The van der Waals surface area contributed by atoms with Gasteiger partial charge in [0.15, 0.2) is 5.13 Å². The number of hydrogen-bond acceptors (Lipinski definition) is 6. The van der Waals surface area contributed by atoms with Crippen LogP contribution in [0.15, 0.2) is 36.7 Å². The van der Waals surface area contributed by atoms with Crippen LogP contribution in [0, 0.1) is 0 Å². The zero-order chi connectivity index (χ0) is 21.3. The molecule has 0 atom stereocenters. The number of ether oxygens (including phenoxy) is 1. The molecule has 1 aliphatic heterocycles. The van der Waals surface area contributed by atoms with E-state index in [2.05, 4.69) is 15.3 Å². The average molecular weight is 432 g/mol. The number of aromatic nitrogens is 2. The van der Waals surface area contributed by atoms with Crippen molar-refractivity contribution < 1.29 is 23.1 Å².